The first-order valence-corrected chi connectivity index (χ1v) is 5.23. The Morgan fingerprint density at radius 1 is 1.00 bits per heavy atom. The van der Waals surface area contributed by atoms with Gasteiger partial charge >= 0.3 is 0 Å². The molecule has 74 valence electrons. The van der Waals surface area contributed by atoms with Crippen LogP contribution in [0.2, 0.25) is 0 Å². The molecule has 1 aliphatic rings. The number of nitriles is 2. The van der Waals surface area contributed by atoms with Crippen molar-refractivity contribution in [2.24, 2.45) is 0 Å². The summed E-state index contributed by atoms with van der Waals surface area (Å²) in [4.78, 5) is 0. The lowest BCUT2D eigenvalue weighted by atomic mass is 9.80. The third-order valence-electron chi connectivity index (χ3n) is 3.24. The van der Waals surface area contributed by atoms with E-state index in [4.69, 9.17) is 5.26 Å². The summed E-state index contributed by atoms with van der Waals surface area (Å²) in [6.07, 6.45) is 4.17. The van der Waals surface area contributed by atoms with E-state index >= 15 is 0 Å². The number of hydrogen-bond acceptors (Lipinski definition) is 2. The average molecular weight is 196 g/mol. The molecule has 0 atom stereocenters. The number of benzene rings is 1. The van der Waals surface area contributed by atoms with Gasteiger partial charge < -0.3 is 0 Å². The first-order valence-electron chi connectivity index (χ1n) is 5.23. The van der Waals surface area contributed by atoms with Crippen molar-refractivity contribution in [1.82, 2.24) is 0 Å². The summed E-state index contributed by atoms with van der Waals surface area (Å²) in [7, 11) is 0. The minimum atomic E-state index is -0.284. The van der Waals surface area contributed by atoms with Crippen molar-refractivity contribution < 1.29 is 0 Å². The molecule has 1 aliphatic carbocycles. The fourth-order valence-electron chi connectivity index (χ4n) is 2.31. The molecular formula is C13H12N2. The fraction of sp³-hybridized carbons (Fsp3) is 0.385. The zero-order valence-corrected chi connectivity index (χ0v) is 8.53. The van der Waals surface area contributed by atoms with Gasteiger partial charge in [0.2, 0.25) is 0 Å². The van der Waals surface area contributed by atoms with E-state index < -0.39 is 0 Å². The Morgan fingerprint density at radius 3 is 2.07 bits per heavy atom. The van der Waals surface area contributed by atoms with Crippen LogP contribution in [0.15, 0.2) is 24.3 Å². The Labute approximate surface area is 89.8 Å². The zero-order valence-electron chi connectivity index (χ0n) is 8.53. The van der Waals surface area contributed by atoms with E-state index in [1.807, 2.05) is 12.1 Å². The predicted octanol–water partition coefficient (Wildman–Crippen LogP) is 2.89. The number of nitrogens with zero attached hydrogens (tertiary/aromatic N) is 2. The second-order valence-electron chi connectivity index (χ2n) is 4.09. The van der Waals surface area contributed by atoms with Gasteiger partial charge in [-0.15, -0.1) is 0 Å². The molecule has 0 spiro atoms. The van der Waals surface area contributed by atoms with E-state index in [9.17, 15) is 5.26 Å². The van der Waals surface area contributed by atoms with Gasteiger partial charge in [-0.1, -0.05) is 25.0 Å². The number of rotatable bonds is 1. The van der Waals surface area contributed by atoms with Crippen molar-refractivity contribution in [2.45, 2.75) is 31.1 Å². The lowest BCUT2D eigenvalue weighted by Crippen LogP contribution is -2.18. The van der Waals surface area contributed by atoms with Crippen LogP contribution in [-0.4, -0.2) is 0 Å². The van der Waals surface area contributed by atoms with Gasteiger partial charge in [0.1, 0.15) is 0 Å². The van der Waals surface area contributed by atoms with Crippen LogP contribution in [0.3, 0.4) is 0 Å². The molecule has 0 amide bonds. The third kappa shape index (κ3) is 1.60. The molecule has 1 saturated carbocycles. The molecule has 2 heteroatoms. The molecule has 0 aliphatic heterocycles. The zero-order chi connectivity index (χ0) is 10.7. The molecule has 0 saturated heterocycles. The van der Waals surface area contributed by atoms with E-state index in [-0.39, 0.29) is 5.41 Å². The molecule has 0 unspecified atom stereocenters. The van der Waals surface area contributed by atoms with Gasteiger partial charge in [-0.05, 0) is 30.5 Å². The van der Waals surface area contributed by atoms with Crippen LogP contribution in [0, 0.1) is 22.7 Å². The SMILES string of the molecule is N#Cc1ccc(C2(C#N)CCCC2)cc1. The highest BCUT2D eigenvalue weighted by molar-refractivity contribution is 5.39. The van der Waals surface area contributed by atoms with Crippen molar-refractivity contribution in [3.05, 3.63) is 35.4 Å². The maximum Gasteiger partial charge on any atom is 0.0991 e. The largest absolute Gasteiger partial charge is 0.197 e. The van der Waals surface area contributed by atoms with Gasteiger partial charge in [-0.25, -0.2) is 0 Å². The van der Waals surface area contributed by atoms with E-state index in [0.717, 1.165) is 31.2 Å². The topological polar surface area (TPSA) is 47.6 Å². The molecule has 1 aromatic carbocycles. The smallest absolute Gasteiger partial charge is 0.0991 e. The Balaban J connectivity index is 2.37. The van der Waals surface area contributed by atoms with Crippen LogP contribution < -0.4 is 0 Å². The Hall–Kier alpha value is -1.80. The van der Waals surface area contributed by atoms with E-state index in [1.54, 1.807) is 12.1 Å². The Morgan fingerprint density at radius 2 is 1.60 bits per heavy atom. The molecule has 0 aromatic heterocycles. The van der Waals surface area contributed by atoms with Crippen LogP contribution in [0.4, 0.5) is 0 Å². The molecule has 0 N–H and O–H groups in total. The van der Waals surface area contributed by atoms with Gasteiger partial charge in [0.05, 0.1) is 23.1 Å². The van der Waals surface area contributed by atoms with Crippen LogP contribution in [-0.2, 0) is 5.41 Å². The lowest BCUT2D eigenvalue weighted by Gasteiger charge is -2.20. The summed E-state index contributed by atoms with van der Waals surface area (Å²) in [5, 5.41) is 18.0. The van der Waals surface area contributed by atoms with E-state index in [1.165, 1.54) is 0 Å². The highest BCUT2D eigenvalue weighted by Crippen LogP contribution is 2.40. The van der Waals surface area contributed by atoms with Crippen molar-refractivity contribution in [1.29, 1.82) is 10.5 Å². The van der Waals surface area contributed by atoms with Crippen molar-refractivity contribution in [3.8, 4) is 12.1 Å². The van der Waals surface area contributed by atoms with Crippen molar-refractivity contribution in [3.63, 3.8) is 0 Å². The first-order chi connectivity index (χ1) is 7.30. The van der Waals surface area contributed by atoms with Gasteiger partial charge in [0.25, 0.3) is 0 Å². The first kappa shape index (κ1) is 9.74. The minimum absolute atomic E-state index is 0.284. The van der Waals surface area contributed by atoms with E-state index in [0.29, 0.717) is 5.56 Å². The quantitative estimate of drug-likeness (QED) is 0.693. The van der Waals surface area contributed by atoms with Gasteiger partial charge in [0, 0.05) is 0 Å². The van der Waals surface area contributed by atoms with Gasteiger partial charge in [-0.3, -0.25) is 0 Å². The lowest BCUT2D eigenvalue weighted by molar-refractivity contribution is 0.573. The van der Waals surface area contributed by atoms with E-state index in [2.05, 4.69) is 12.1 Å². The summed E-state index contributed by atoms with van der Waals surface area (Å²) in [5.41, 5.74) is 1.44. The Bertz CT molecular complexity index is 425. The van der Waals surface area contributed by atoms with Crippen LogP contribution in [0.5, 0.6) is 0 Å². The maximum absolute atomic E-state index is 9.28. The molecule has 0 radical (unpaired) electrons. The molecule has 2 nitrogen and oxygen atoms in total. The summed E-state index contributed by atoms with van der Waals surface area (Å²) in [6, 6.07) is 12.0. The summed E-state index contributed by atoms with van der Waals surface area (Å²) >= 11 is 0. The molecule has 1 aromatic rings. The molecule has 1 fully saturated rings. The highest BCUT2D eigenvalue weighted by atomic mass is 14.4. The summed E-state index contributed by atoms with van der Waals surface area (Å²) in [5.74, 6) is 0. The second kappa shape index (κ2) is 3.75. The van der Waals surface area contributed by atoms with Crippen molar-refractivity contribution in [2.75, 3.05) is 0 Å². The maximum atomic E-state index is 9.28. The van der Waals surface area contributed by atoms with Crippen molar-refractivity contribution >= 4 is 0 Å². The van der Waals surface area contributed by atoms with Crippen LogP contribution >= 0.6 is 0 Å². The van der Waals surface area contributed by atoms with Gasteiger partial charge in [-0.2, -0.15) is 10.5 Å². The molecule has 0 bridgehead atoms. The second-order valence-corrected chi connectivity index (χ2v) is 4.09. The van der Waals surface area contributed by atoms with Crippen LogP contribution in [0.25, 0.3) is 0 Å². The molecule has 15 heavy (non-hydrogen) atoms. The normalized spacial score (nSPS) is 18.0. The Kier molecular flexibility index (Phi) is 2.44. The minimum Gasteiger partial charge on any atom is -0.197 e. The third-order valence-corrected chi connectivity index (χ3v) is 3.24. The predicted molar refractivity (Wildman–Crippen MR) is 56.9 cm³/mol. The van der Waals surface area contributed by atoms with Gasteiger partial charge in [0.15, 0.2) is 0 Å². The molecule has 0 heterocycles. The van der Waals surface area contributed by atoms with Crippen LogP contribution in [0.1, 0.15) is 36.8 Å². The number of hydrogen-bond donors (Lipinski definition) is 0. The molecule has 2 rings (SSSR count). The summed E-state index contributed by atoms with van der Waals surface area (Å²) < 4.78 is 0. The molecular weight excluding hydrogens is 184 g/mol. The standard InChI is InChI=1S/C13H12N2/c14-9-11-3-5-12(6-4-11)13(10-15)7-1-2-8-13/h3-6H,1-2,7-8H2. The average Bonchev–Trinajstić information content (AvgIpc) is 2.79. The summed E-state index contributed by atoms with van der Waals surface area (Å²) in [6.45, 7) is 0. The fourth-order valence-corrected chi connectivity index (χ4v) is 2.31. The monoisotopic (exact) mass is 196 g/mol. The highest BCUT2D eigenvalue weighted by Gasteiger charge is 2.35.